The molecule has 6 N–H and O–H groups in total. The Bertz CT molecular complexity index is 753. The van der Waals surface area contributed by atoms with Crippen LogP contribution < -0.4 is 21.7 Å². The van der Waals surface area contributed by atoms with Gasteiger partial charge in [-0.15, -0.1) is 12.4 Å². The van der Waals surface area contributed by atoms with E-state index in [2.05, 4.69) is 16.0 Å². The Hall–Kier alpha value is -2.77. The highest BCUT2D eigenvalue weighted by Crippen LogP contribution is 2.23. The second-order valence-electron chi connectivity index (χ2n) is 4.51. The van der Waals surface area contributed by atoms with E-state index in [9.17, 15) is 9.59 Å². The summed E-state index contributed by atoms with van der Waals surface area (Å²) in [5.74, 6) is -1.04. The van der Waals surface area contributed by atoms with Crippen LogP contribution in [0.5, 0.6) is 0 Å². The van der Waals surface area contributed by atoms with Crippen molar-refractivity contribution < 1.29 is 9.59 Å². The zero-order valence-electron chi connectivity index (χ0n) is 12.3. The van der Waals surface area contributed by atoms with Crippen LogP contribution in [0, 0.1) is 5.41 Å². The van der Waals surface area contributed by atoms with Crippen LogP contribution in [0.15, 0.2) is 48.5 Å². The van der Waals surface area contributed by atoms with Crippen LogP contribution in [0.2, 0.25) is 5.02 Å². The Balaban J connectivity index is 0.00000288. The monoisotopic (exact) mass is 367 g/mol. The molecule has 0 radical (unpaired) electrons. The normalized spacial score (nSPS) is 9.38. The number of anilines is 2. The number of para-hydroxylation sites is 1. The standard InChI is InChI=1S/C15H14ClN5O2.ClH/c16-11-7-6-9(13(22)21-14(17)18)8-12(11)20-15(23)19-10-4-2-1-3-5-10;/h1-8H,(H2,19,20,23)(H4,17,18,21,22);1H. The fraction of sp³-hybridized carbons (Fsp3) is 0. The summed E-state index contributed by atoms with van der Waals surface area (Å²) in [6.45, 7) is 0. The number of nitrogens with one attached hydrogen (secondary N) is 4. The number of carbonyl (C=O) groups excluding carboxylic acids is 2. The largest absolute Gasteiger partial charge is 0.370 e. The van der Waals surface area contributed by atoms with Crippen LogP contribution in [0.1, 0.15) is 10.4 Å². The molecule has 0 bridgehead atoms. The highest BCUT2D eigenvalue weighted by Gasteiger charge is 2.11. The van der Waals surface area contributed by atoms with E-state index in [1.54, 1.807) is 24.3 Å². The molecule has 24 heavy (non-hydrogen) atoms. The van der Waals surface area contributed by atoms with Crippen LogP contribution in [0.25, 0.3) is 0 Å². The average molecular weight is 368 g/mol. The van der Waals surface area contributed by atoms with Gasteiger partial charge >= 0.3 is 6.03 Å². The average Bonchev–Trinajstić information content (AvgIpc) is 2.49. The molecular weight excluding hydrogens is 353 g/mol. The molecule has 0 saturated heterocycles. The number of hydrogen-bond donors (Lipinski definition) is 5. The number of rotatable bonds is 3. The van der Waals surface area contributed by atoms with Gasteiger partial charge < -0.3 is 16.4 Å². The minimum absolute atomic E-state index is 0. The fourth-order valence-electron chi connectivity index (χ4n) is 1.76. The Morgan fingerprint density at radius 1 is 1.04 bits per heavy atom. The number of hydrogen-bond acceptors (Lipinski definition) is 3. The van der Waals surface area contributed by atoms with E-state index in [-0.39, 0.29) is 28.7 Å². The molecule has 7 nitrogen and oxygen atoms in total. The van der Waals surface area contributed by atoms with Gasteiger partial charge in [0.2, 0.25) is 0 Å². The Morgan fingerprint density at radius 2 is 1.71 bits per heavy atom. The van der Waals surface area contributed by atoms with E-state index in [4.69, 9.17) is 22.7 Å². The molecule has 0 aliphatic heterocycles. The summed E-state index contributed by atoms with van der Waals surface area (Å²) in [6, 6.07) is 12.7. The summed E-state index contributed by atoms with van der Waals surface area (Å²) in [5, 5.41) is 14.7. The van der Waals surface area contributed by atoms with Crippen molar-refractivity contribution in [2.24, 2.45) is 5.73 Å². The second kappa shape index (κ2) is 8.76. The number of urea groups is 1. The molecule has 0 aliphatic rings. The lowest BCUT2D eigenvalue weighted by atomic mass is 10.2. The van der Waals surface area contributed by atoms with E-state index in [1.165, 1.54) is 18.2 Å². The minimum Gasteiger partial charge on any atom is -0.370 e. The minimum atomic E-state index is -0.569. The third-order valence-corrected chi connectivity index (χ3v) is 3.09. The Morgan fingerprint density at radius 3 is 2.33 bits per heavy atom. The van der Waals surface area contributed by atoms with Crippen LogP contribution in [-0.4, -0.2) is 17.9 Å². The third kappa shape index (κ3) is 5.45. The maximum absolute atomic E-state index is 12.0. The van der Waals surface area contributed by atoms with Crippen molar-refractivity contribution in [3.05, 3.63) is 59.1 Å². The van der Waals surface area contributed by atoms with Gasteiger partial charge in [0.1, 0.15) is 0 Å². The molecule has 0 unspecified atom stereocenters. The molecule has 2 aromatic carbocycles. The summed E-state index contributed by atoms with van der Waals surface area (Å²) in [5.41, 5.74) is 6.20. The van der Waals surface area contributed by atoms with Crippen molar-refractivity contribution >= 4 is 53.3 Å². The molecule has 0 saturated carbocycles. The Kier molecular flexibility index (Phi) is 7.03. The molecule has 0 atom stereocenters. The summed E-state index contributed by atoms with van der Waals surface area (Å²) in [7, 11) is 0. The van der Waals surface area contributed by atoms with E-state index in [0.29, 0.717) is 5.69 Å². The maximum Gasteiger partial charge on any atom is 0.323 e. The van der Waals surface area contributed by atoms with E-state index < -0.39 is 17.9 Å². The van der Waals surface area contributed by atoms with E-state index >= 15 is 0 Å². The summed E-state index contributed by atoms with van der Waals surface area (Å²) >= 11 is 6.01. The van der Waals surface area contributed by atoms with Crippen LogP contribution in [0.3, 0.4) is 0 Å². The molecule has 0 fully saturated rings. The lowest BCUT2D eigenvalue weighted by Crippen LogP contribution is -2.35. The highest BCUT2D eigenvalue weighted by atomic mass is 35.5. The molecule has 3 amide bonds. The van der Waals surface area contributed by atoms with Crippen LogP contribution >= 0.6 is 24.0 Å². The van der Waals surface area contributed by atoms with Gasteiger partial charge in [0.15, 0.2) is 5.96 Å². The number of benzene rings is 2. The number of guanidine groups is 1. The zero-order valence-corrected chi connectivity index (χ0v) is 13.9. The molecule has 0 heterocycles. The smallest absolute Gasteiger partial charge is 0.323 e. The Labute approximate surface area is 149 Å². The van der Waals surface area contributed by atoms with Crippen LogP contribution in [-0.2, 0) is 0 Å². The maximum atomic E-state index is 12.0. The van der Waals surface area contributed by atoms with Gasteiger partial charge in [-0.1, -0.05) is 29.8 Å². The van der Waals surface area contributed by atoms with E-state index in [0.717, 1.165) is 0 Å². The van der Waals surface area contributed by atoms with Gasteiger partial charge in [-0.2, -0.15) is 0 Å². The first kappa shape index (κ1) is 19.3. The van der Waals surface area contributed by atoms with Crippen molar-refractivity contribution in [2.45, 2.75) is 0 Å². The first-order chi connectivity index (χ1) is 11.0. The first-order valence-corrected chi connectivity index (χ1v) is 6.91. The molecule has 0 spiro atoms. The van der Waals surface area contributed by atoms with Gasteiger partial charge in [0, 0.05) is 11.3 Å². The van der Waals surface area contributed by atoms with E-state index in [1.807, 2.05) is 6.07 Å². The first-order valence-electron chi connectivity index (χ1n) is 6.53. The second-order valence-corrected chi connectivity index (χ2v) is 4.91. The SMILES string of the molecule is Cl.N=C(N)NC(=O)c1ccc(Cl)c(NC(=O)Nc2ccccc2)c1. The summed E-state index contributed by atoms with van der Waals surface area (Å²) in [6.07, 6.45) is 0. The van der Waals surface area contributed by atoms with Gasteiger partial charge in [-0.3, -0.25) is 15.5 Å². The van der Waals surface area contributed by atoms with Gasteiger partial charge in [0.05, 0.1) is 10.7 Å². The van der Waals surface area contributed by atoms with Crippen molar-refractivity contribution in [3.63, 3.8) is 0 Å². The van der Waals surface area contributed by atoms with Crippen LogP contribution in [0.4, 0.5) is 16.2 Å². The molecule has 126 valence electrons. The number of nitrogens with two attached hydrogens (primary N) is 1. The fourth-order valence-corrected chi connectivity index (χ4v) is 1.93. The summed E-state index contributed by atoms with van der Waals surface area (Å²) < 4.78 is 0. The van der Waals surface area contributed by atoms with Crippen molar-refractivity contribution in [1.82, 2.24) is 5.32 Å². The quantitative estimate of drug-likeness (QED) is 0.423. The summed E-state index contributed by atoms with van der Waals surface area (Å²) in [4.78, 5) is 23.7. The highest BCUT2D eigenvalue weighted by molar-refractivity contribution is 6.34. The number of halogens is 2. The predicted molar refractivity (Wildman–Crippen MR) is 97.2 cm³/mol. The van der Waals surface area contributed by atoms with Crippen molar-refractivity contribution in [1.29, 1.82) is 5.41 Å². The van der Waals surface area contributed by atoms with Gasteiger partial charge in [0.25, 0.3) is 5.91 Å². The topological polar surface area (TPSA) is 120 Å². The lowest BCUT2D eigenvalue weighted by Gasteiger charge is -2.10. The molecule has 2 rings (SSSR count). The van der Waals surface area contributed by atoms with Gasteiger partial charge in [-0.05, 0) is 30.3 Å². The number of amides is 3. The number of carbonyl (C=O) groups is 2. The van der Waals surface area contributed by atoms with Crippen molar-refractivity contribution in [3.8, 4) is 0 Å². The van der Waals surface area contributed by atoms with Gasteiger partial charge in [-0.25, -0.2) is 4.79 Å². The lowest BCUT2D eigenvalue weighted by molar-refractivity contribution is 0.0976. The molecule has 2 aromatic rings. The third-order valence-electron chi connectivity index (χ3n) is 2.76. The molecule has 0 aliphatic carbocycles. The molecule has 9 heteroatoms. The van der Waals surface area contributed by atoms with Crippen molar-refractivity contribution in [2.75, 3.05) is 10.6 Å². The molecular formula is C15H15Cl2N5O2. The predicted octanol–water partition coefficient (Wildman–Crippen LogP) is 3.03. The molecule has 0 aromatic heterocycles. The zero-order chi connectivity index (χ0) is 16.8.